The smallest absolute Gasteiger partial charge is 0.123 e. The topological polar surface area (TPSA) is 26.7 Å². The van der Waals surface area contributed by atoms with Crippen molar-refractivity contribution in [2.24, 2.45) is 5.92 Å². The Labute approximate surface area is 108 Å². The van der Waals surface area contributed by atoms with Crippen LogP contribution in [-0.2, 0) is 6.54 Å². The molecule has 4 heteroatoms. The average molecular weight is 252 g/mol. The highest BCUT2D eigenvalue weighted by Gasteiger charge is 2.21. The van der Waals surface area contributed by atoms with Crippen molar-refractivity contribution in [1.29, 1.82) is 0 Å². The molecule has 18 heavy (non-hydrogen) atoms. The minimum atomic E-state index is -0.295. The van der Waals surface area contributed by atoms with Crippen LogP contribution in [0.1, 0.15) is 12.0 Å². The van der Waals surface area contributed by atoms with Gasteiger partial charge in [0.2, 0.25) is 0 Å². The molecule has 0 saturated carbocycles. The largest absolute Gasteiger partial charge is 0.508 e. The van der Waals surface area contributed by atoms with Crippen LogP contribution < -0.4 is 0 Å². The van der Waals surface area contributed by atoms with Gasteiger partial charge in [0, 0.05) is 25.2 Å². The maximum absolute atomic E-state index is 13.1. The molecule has 0 bridgehead atoms. The number of aromatic hydroxyl groups is 1. The molecule has 0 amide bonds. The fraction of sp³-hybridized carbons (Fsp3) is 0.571. The zero-order valence-corrected chi connectivity index (χ0v) is 11.1. The Morgan fingerprint density at radius 1 is 1.50 bits per heavy atom. The lowest BCUT2D eigenvalue weighted by Crippen LogP contribution is -2.27. The van der Waals surface area contributed by atoms with Crippen LogP contribution in [-0.4, -0.2) is 48.6 Å². The predicted molar refractivity (Wildman–Crippen MR) is 70.0 cm³/mol. The van der Waals surface area contributed by atoms with Crippen molar-refractivity contribution in [3.8, 4) is 5.75 Å². The van der Waals surface area contributed by atoms with Crippen molar-refractivity contribution < 1.29 is 9.50 Å². The molecule has 1 atom stereocenters. The van der Waals surface area contributed by atoms with Crippen LogP contribution in [0.15, 0.2) is 18.2 Å². The molecule has 1 N–H and O–H groups in total. The molecule has 1 unspecified atom stereocenters. The third-order valence-corrected chi connectivity index (χ3v) is 3.54. The zero-order chi connectivity index (χ0) is 13.1. The van der Waals surface area contributed by atoms with Gasteiger partial charge in [0.05, 0.1) is 0 Å². The Bertz CT molecular complexity index is 411. The Morgan fingerprint density at radius 3 is 2.94 bits per heavy atom. The number of hydrogen-bond acceptors (Lipinski definition) is 3. The van der Waals surface area contributed by atoms with E-state index >= 15 is 0 Å². The summed E-state index contributed by atoms with van der Waals surface area (Å²) in [5.74, 6) is 0.555. The van der Waals surface area contributed by atoms with E-state index in [-0.39, 0.29) is 11.6 Å². The lowest BCUT2D eigenvalue weighted by Gasteiger charge is -2.21. The van der Waals surface area contributed by atoms with E-state index in [1.165, 1.54) is 24.6 Å². The van der Waals surface area contributed by atoms with E-state index in [4.69, 9.17) is 0 Å². The number of nitrogens with zero attached hydrogens (tertiary/aromatic N) is 2. The summed E-state index contributed by atoms with van der Waals surface area (Å²) in [5, 5.41) is 9.69. The molecule has 1 saturated heterocycles. The Kier molecular flexibility index (Phi) is 4.19. The number of phenols is 1. The zero-order valence-electron chi connectivity index (χ0n) is 11.1. The van der Waals surface area contributed by atoms with Crippen LogP contribution in [0.5, 0.6) is 5.75 Å². The molecule has 1 aromatic carbocycles. The molecule has 0 aliphatic carbocycles. The molecule has 1 aromatic rings. The van der Waals surface area contributed by atoms with Gasteiger partial charge in [0.1, 0.15) is 11.6 Å². The van der Waals surface area contributed by atoms with E-state index < -0.39 is 0 Å². The summed E-state index contributed by atoms with van der Waals surface area (Å²) in [5.41, 5.74) is 0.656. The fourth-order valence-corrected chi connectivity index (χ4v) is 2.65. The van der Waals surface area contributed by atoms with E-state index in [2.05, 4.69) is 16.8 Å². The van der Waals surface area contributed by atoms with E-state index in [0.29, 0.717) is 18.0 Å². The summed E-state index contributed by atoms with van der Waals surface area (Å²) in [6.45, 7) is 3.85. The normalized spacial score (nSPS) is 20.8. The minimum absolute atomic E-state index is 0.173. The Hall–Kier alpha value is -1.13. The summed E-state index contributed by atoms with van der Waals surface area (Å²) >= 11 is 0. The van der Waals surface area contributed by atoms with E-state index in [1.807, 2.05) is 7.05 Å². The molecular weight excluding hydrogens is 231 g/mol. The van der Waals surface area contributed by atoms with Crippen molar-refractivity contribution in [2.45, 2.75) is 13.0 Å². The molecule has 2 rings (SSSR count). The van der Waals surface area contributed by atoms with Crippen molar-refractivity contribution in [3.63, 3.8) is 0 Å². The predicted octanol–water partition coefficient (Wildman–Crippen LogP) is 1.91. The van der Waals surface area contributed by atoms with Crippen molar-refractivity contribution >= 4 is 0 Å². The van der Waals surface area contributed by atoms with Gasteiger partial charge < -0.3 is 14.9 Å². The standard InChI is InChI=1S/C14H21FN2O/c1-16-6-5-11(8-16)9-17(2)10-12-7-13(15)3-4-14(12)18/h3-4,7,11,18H,5-6,8-10H2,1-2H3. The van der Waals surface area contributed by atoms with Crippen LogP contribution in [0.4, 0.5) is 4.39 Å². The molecule has 3 nitrogen and oxygen atoms in total. The number of halogens is 1. The minimum Gasteiger partial charge on any atom is -0.508 e. The maximum atomic E-state index is 13.1. The van der Waals surface area contributed by atoms with Crippen molar-refractivity contribution in [2.75, 3.05) is 33.7 Å². The summed E-state index contributed by atoms with van der Waals surface area (Å²) in [6, 6.07) is 4.11. The third kappa shape index (κ3) is 3.43. The molecular formula is C14H21FN2O. The van der Waals surface area contributed by atoms with Gasteiger partial charge in [-0.2, -0.15) is 0 Å². The van der Waals surface area contributed by atoms with E-state index in [1.54, 1.807) is 0 Å². The van der Waals surface area contributed by atoms with Crippen LogP contribution in [0.2, 0.25) is 0 Å². The monoisotopic (exact) mass is 252 g/mol. The first-order valence-corrected chi connectivity index (χ1v) is 6.39. The fourth-order valence-electron chi connectivity index (χ4n) is 2.65. The number of benzene rings is 1. The maximum Gasteiger partial charge on any atom is 0.123 e. The van der Waals surface area contributed by atoms with Gasteiger partial charge in [-0.3, -0.25) is 0 Å². The van der Waals surface area contributed by atoms with Gasteiger partial charge in [-0.05, 0) is 51.2 Å². The van der Waals surface area contributed by atoms with Crippen LogP contribution in [0.25, 0.3) is 0 Å². The highest BCUT2D eigenvalue weighted by atomic mass is 19.1. The van der Waals surface area contributed by atoms with Gasteiger partial charge in [-0.1, -0.05) is 0 Å². The first-order valence-electron chi connectivity index (χ1n) is 6.39. The Morgan fingerprint density at radius 2 is 2.28 bits per heavy atom. The summed E-state index contributed by atoms with van der Waals surface area (Å²) in [7, 11) is 4.15. The Balaban J connectivity index is 1.90. The second kappa shape index (κ2) is 5.67. The van der Waals surface area contributed by atoms with Gasteiger partial charge in [-0.25, -0.2) is 4.39 Å². The van der Waals surface area contributed by atoms with Crippen molar-refractivity contribution in [3.05, 3.63) is 29.6 Å². The lowest BCUT2D eigenvalue weighted by atomic mass is 10.1. The lowest BCUT2D eigenvalue weighted by molar-refractivity contribution is 0.264. The van der Waals surface area contributed by atoms with Gasteiger partial charge >= 0.3 is 0 Å². The molecule has 100 valence electrons. The summed E-state index contributed by atoms with van der Waals surface area (Å²) < 4.78 is 13.1. The molecule has 1 aliphatic heterocycles. The number of rotatable bonds is 4. The summed E-state index contributed by atoms with van der Waals surface area (Å²) in [6.07, 6.45) is 1.22. The highest BCUT2D eigenvalue weighted by Crippen LogP contribution is 2.21. The second-order valence-electron chi connectivity index (χ2n) is 5.39. The molecule has 0 radical (unpaired) electrons. The molecule has 1 aliphatic rings. The van der Waals surface area contributed by atoms with Gasteiger partial charge in [-0.15, -0.1) is 0 Å². The molecule has 0 spiro atoms. The number of phenolic OH excluding ortho intramolecular Hbond substituents is 1. The summed E-state index contributed by atoms with van der Waals surface area (Å²) in [4.78, 5) is 4.48. The SMILES string of the molecule is CN1CCC(CN(C)Cc2cc(F)ccc2O)C1. The molecule has 1 heterocycles. The highest BCUT2D eigenvalue weighted by molar-refractivity contribution is 5.32. The number of hydrogen-bond donors (Lipinski definition) is 1. The van der Waals surface area contributed by atoms with Crippen LogP contribution in [0, 0.1) is 11.7 Å². The number of likely N-dealkylation sites (tertiary alicyclic amines) is 1. The average Bonchev–Trinajstić information content (AvgIpc) is 2.69. The third-order valence-electron chi connectivity index (χ3n) is 3.54. The quantitative estimate of drug-likeness (QED) is 0.887. The van der Waals surface area contributed by atoms with Gasteiger partial charge in [0.15, 0.2) is 0 Å². The van der Waals surface area contributed by atoms with Gasteiger partial charge in [0.25, 0.3) is 0 Å². The molecule has 0 aromatic heterocycles. The first-order chi connectivity index (χ1) is 8.54. The van der Waals surface area contributed by atoms with E-state index in [9.17, 15) is 9.50 Å². The van der Waals surface area contributed by atoms with E-state index in [0.717, 1.165) is 19.6 Å². The van der Waals surface area contributed by atoms with Crippen LogP contribution in [0.3, 0.4) is 0 Å². The molecule has 1 fully saturated rings. The first kappa shape index (κ1) is 13.3. The van der Waals surface area contributed by atoms with Crippen LogP contribution >= 0.6 is 0 Å². The van der Waals surface area contributed by atoms with Crippen molar-refractivity contribution in [1.82, 2.24) is 9.80 Å². The second-order valence-corrected chi connectivity index (χ2v) is 5.39.